The molecule has 0 radical (unpaired) electrons. The molecule has 2 aliphatic heterocycles. The molecule has 2 unspecified atom stereocenters. The van der Waals surface area contributed by atoms with E-state index in [1.165, 1.54) is 0 Å². The quantitative estimate of drug-likeness (QED) is 0.923. The summed E-state index contributed by atoms with van der Waals surface area (Å²) in [5, 5.41) is 0. The van der Waals surface area contributed by atoms with Crippen LogP contribution in [0.4, 0.5) is 0 Å². The summed E-state index contributed by atoms with van der Waals surface area (Å²) in [6, 6.07) is 5.69. The molecule has 0 aromatic heterocycles. The van der Waals surface area contributed by atoms with Crippen LogP contribution in [0.2, 0.25) is 0 Å². The highest BCUT2D eigenvalue weighted by atomic mass is 16.5. The Kier molecular flexibility index (Phi) is 4.01. The number of likely N-dealkylation sites (tertiary alicyclic amines) is 1. The summed E-state index contributed by atoms with van der Waals surface area (Å²) in [6.45, 7) is 4.15. The Bertz CT molecular complexity index is 532. The first-order valence-electron chi connectivity index (χ1n) is 7.65. The highest BCUT2D eigenvalue weighted by Crippen LogP contribution is 2.37. The number of benzene rings is 1. The number of hydrogen-bond acceptors (Lipinski definition) is 4. The Morgan fingerprint density at radius 3 is 2.81 bits per heavy atom. The molecule has 2 N–H and O–H groups in total. The van der Waals surface area contributed by atoms with Crippen molar-refractivity contribution in [1.82, 2.24) is 4.90 Å². The van der Waals surface area contributed by atoms with Crippen LogP contribution in [0.1, 0.15) is 37.8 Å². The van der Waals surface area contributed by atoms with Gasteiger partial charge in [-0.2, -0.15) is 0 Å². The summed E-state index contributed by atoms with van der Waals surface area (Å²) in [4.78, 5) is 14.0. The van der Waals surface area contributed by atoms with Gasteiger partial charge in [-0.25, -0.2) is 0 Å². The van der Waals surface area contributed by atoms with E-state index in [2.05, 4.69) is 6.92 Å². The topological polar surface area (TPSA) is 64.8 Å². The van der Waals surface area contributed by atoms with E-state index in [4.69, 9.17) is 15.2 Å². The number of fused-ring (bicyclic) bond motifs is 1. The lowest BCUT2D eigenvalue weighted by Crippen LogP contribution is -2.33. The van der Waals surface area contributed by atoms with Crippen molar-refractivity contribution < 1.29 is 14.3 Å². The van der Waals surface area contributed by atoms with Crippen molar-refractivity contribution in [2.24, 2.45) is 5.73 Å². The zero-order valence-electron chi connectivity index (χ0n) is 12.4. The van der Waals surface area contributed by atoms with Crippen LogP contribution >= 0.6 is 0 Å². The second-order valence-corrected chi connectivity index (χ2v) is 5.66. The van der Waals surface area contributed by atoms with E-state index >= 15 is 0 Å². The van der Waals surface area contributed by atoms with Gasteiger partial charge in [0, 0.05) is 25.4 Å². The van der Waals surface area contributed by atoms with Crippen LogP contribution in [-0.2, 0) is 4.79 Å². The SMILES string of the molecule is CCCN1C(=O)CC(N)C1c1ccc2c(c1)OCCCO2. The molecule has 0 aliphatic carbocycles. The van der Waals surface area contributed by atoms with E-state index in [9.17, 15) is 4.79 Å². The molecule has 0 spiro atoms. The Balaban J connectivity index is 1.91. The number of nitrogens with zero attached hydrogens (tertiary/aromatic N) is 1. The Morgan fingerprint density at radius 1 is 1.29 bits per heavy atom. The van der Waals surface area contributed by atoms with E-state index in [1.807, 2.05) is 23.1 Å². The second-order valence-electron chi connectivity index (χ2n) is 5.66. The van der Waals surface area contributed by atoms with Crippen LogP contribution in [0.15, 0.2) is 18.2 Å². The van der Waals surface area contributed by atoms with E-state index in [0.29, 0.717) is 19.6 Å². The number of ether oxygens (including phenoxy) is 2. The summed E-state index contributed by atoms with van der Waals surface area (Å²) < 4.78 is 11.4. The van der Waals surface area contributed by atoms with Gasteiger partial charge < -0.3 is 20.1 Å². The normalized spacial score (nSPS) is 25.0. The van der Waals surface area contributed by atoms with Crippen LogP contribution in [0.25, 0.3) is 0 Å². The van der Waals surface area contributed by atoms with Gasteiger partial charge in [-0.15, -0.1) is 0 Å². The van der Waals surface area contributed by atoms with Crippen molar-refractivity contribution in [2.45, 2.75) is 38.3 Å². The van der Waals surface area contributed by atoms with Gasteiger partial charge in [0.25, 0.3) is 0 Å². The average Bonchev–Trinajstić information content (AvgIpc) is 2.66. The molecule has 1 saturated heterocycles. The zero-order chi connectivity index (χ0) is 14.8. The lowest BCUT2D eigenvalue weighted by atomic mass is 10.00. The third kappa shape index (κ3) is 2.70. The molecule has 2 atom stereocenters. The van der Waals surface area contributed by atoms with Crippen molar-refractivity contribution in [3.63, 3.8) is 0 Å². The fraction of sp³-hybridized carbons (Fsp3) is 0.562. The summed E-state index contributed by atoms with van der Waals surface area (Å²) in [5.74, 6) is 1.67. The average molecular weight is 290 g/mol. The van der Waals surface area contributed by atoms with E-state index in [0.717, 1.165) is 36.4 Å². The largest absolute Gasteiger partial charge is 0.490 e. The van der Waals surface area contributed by atoms with Crippen LogP contribution in [0, 0.1) is 0 Å². The number of carbonyl (C=O) groups is 1. The lowest BCUT2D eigenvalue weighted by Gasteiger charge is -2.27. The van der Waals surface area contributed by atoms with Crippen LogP contribution in [0.3, 0.4) is 0 Å². The highest BCUT2D eigenvalue weighted by Gasteiger charge is 2.38. The van der Waals surface area contributed by atoms with Crippen molar-refractivity contribution >= 4 is 5.91 Å². The van der Waals surface area contributed by atoms with Crippen molar-refractivity contribution in [3.05, 3.63) is 23.8 Å². The van der Waals surface area contributed by atoms with E-state index in [-0.39, 0.29) is 18.0 Å². The molecule has 114 valence electrons. The molecule has 1 aromatic carbocycles. The van der Waals surface area contributed by atoms with Crippen molar-refractivity contribution in [2.75, 3.05) is 19.8 Å². The first-order chi connectivity index (χ1) is 10.2. The molecule has 5 heteroatoms. The number of nitrogens with two attached hydrogens (primary N) is 1. The molecule has 5 nitrogen and oxygen atoms in total. The smallest absolute Gasteiger partial charge is 0.224 e. The van der Waals surface area contributed by atoms with Gasteiger partial charge in [0.15, 0.2) is 11.5 Å². The Hall–Kier alpha value is -1.75. The van der Waals surface area contributed by atoms with Crippen molar-refractivity contribution in [1.29, 1.82) is 0 Å². The molecule has 2 heterocycles. The maximum atomic E-state index is 12.1. The second kappa shape index (κ2) is 5.93. The molecule has 21 heavy (non-hydrogen) atoms. The maximum absolute atomic E-state index is 12.1. The zero-order valence-corrected chi connectivity index (χ0v) is 12.4. The fourth-order valence-electron chi connectivity index (χ4n) is 3.11. The predicted octanol–water partition coefficient (Wildman–Crippen LogP) is 1.86. The van der Waals surface area contributed by atoms with Crippen LogP contribution in [0.5, 0.6) is 11.5 Å². The molecular formula is C16H22N2O3. The number of carbonyl (C=O) groups excluding carboxylic acids is 1. The summed E-state index contributed by atoms with van der Waals surface area (Å²) >= 11 is 0. The van der Waals surface area contributed by atoms with Crippen LogP contribution < -0.4 is 15.2 Å². The number of hydrogen-bond donors (Lipinski definition) is 1. The first-order valence-corrected chi connectivity index (χ1v) is 7.65. The number of amides is 1. The van der Waals surface area contributed by atoms with Gasteiger partial charge in [-0.3, -0.25) is 4.79 Å². The molecule has 1 fully saturated rings. The molecule has 3 rings (SSSR count). The third-order valence-electron chi connectivity index (χ3n) is 4.05. The van der Waals surface area contributed by atoms with Gasteiger partial charge in [-0.05, 0) is 24.1 Å². The van der Waals surface area contributed by atoms with Gasteiger partial charge in [0.1, 0.15) is 0 Å². The summed E-state index contributed by atoms with van der Waals surface area (Å²) in [5.41, 5.74) is 7.23. The van der Waals surface area contributed by atoms with E-state index < -0.39 is 0 Å². The van der Waals surface area contributed by atoms with Gasteiger partial charge in [0.05, 0.1) is 19.3 Å². The Morgan fingerprint density at radius 2 is 2.05 bits per heavy atom. The number of rotatable bonds is 3. The minimum absolute atomic E-state index is 0.0606. The van der Waals surface area contributed by atoms with Gasteiger partial charge in [0.2, 0.25) is 5.91 Å². The first kappa shape index (κ1) is 14.2. The third-order valence-corrected chi connectivity index (χ3v) is 4.05. The predicted molar refractivity (Wildman–Crippen MR) is 79.4 cm³/mol. The standard InChI is InChI=1S/C16H22N2O3/c1-2-6-18-15(19)10-12(17)16(18)11-4-5-13-14(9-11)21-8-3-7-20-13/h4-5,9,12,16H,2-3,6-8,10,17H2,1H3. The maximum Gasteiger partial charge on any atom is 0.224 e. The monoisotopic (exact) mass is 290 g/mol. The van der Waals surface area contributed by atoms with Gasteiger partial charge >= 0.3 is 0 Å². The minimum Gasteiger partial charge on any atom is -0.490 e. The fourth-order valence-corrected chi connectivity index (χ4v) is 3.11. The molecule has 1 amide bonds. The minimum atomic E-state index is -0.159. The molecule has 2 aliphatic rings. The molecular weight excluding hydrogens is 268 g/mol. The molecule has 1 aromatic rings. The molecule has 0 saturated carbocycles. The van der Waals surface area contributed by atoms with Crippen LogP contribution in [-0.4, -0.2) is 36.6 Å². The van der Waals surface area contributed by atoms with Crippen molar-refractivity contribution in [3.8, 4) is 11.5 Å². The molecule has 0 bridgehead atoms. The Labute approximate surface area is 125 Å². The summed E-state index contributed by atoms with van der Waals surface area (Å²) in [7, 11) is 0. The highest BCUT2D eigenvalue weighted by molar-refractivity contribution is 5.80. The van der Waals surface area contributed by atoms with E-state index in [1.54, 1.807) is 0 Å². The van der Waals surface area contributed by atoms with Gasteiger partial charge in [-0.1, -0.05) is 13.0 Å². The summed E-state index contributed by atoms with van der Waals surface area (Å²) in [6.07, 6.45) is 2.23. The lowest BCUT2D eigenvalue weighted by molar-refractivity contribution is -0.129.